The number of hydrogen-bond donors (Lipinski definition) is 2. The Labute approximate surface area is 104 Å². The molecule has 2 heterocycles. The lowest BCUT2D eigenvalue weighted by molar-refractivity contribution is -0.129. The quantitative estimate of drug-likeness (QED) is 0.799. The smallest absolute Gasteiger partial charge is 0.227 e. The average molecular weight is 255 g/mol. The fraction of sp³-hybridized carbons (Fsp3) is 0.700. The van der Waals surface area contributed by atoms with Crippen molar-refractivity contribution in [1.29, 1.82) is 0 Å². The number of carbonyl (C=O) groups is 1. The van der Waals surface area contributed by atoms with Crippen LogP contribution in [0.4, 0.5) is 5.13 Å². The molecule has 1 atom stereocenters. The number of carbonyl (C=O) groups excluding carboxylic acids is 1. The molecule has 1 unspecified atom stereocenters. The summed E-state index contributed by atoms with van der Waals surface area (Å²) < 4.78 is 0. The van der Waals surface area contributed by atoms with Gasteiger partial charge in [0.1, 0.15) is 5.01 Å². The Hall–Kier alpha value is -1.21. The Bertz CT molecular complexity index is 421. The lowest BCUT2D eigenvalue weighted by Gasteiger charge is -2.22. The zero-order chi connectivity index (χ0) is 12.5. The minimum absolute atomic E-state index is 0.108. The minimum atomic E-state index is -0.287. The first-order valence-electron chi connectivity index (χ1n) is 5.56. The van der Waals surface area contributed by atoms with Crippen molar-refractivity contribution in [2.24, 2.45) is 5.41 Å². The number of amides is 1. The third-order valence-electron chi connectivity index (χ3n) is 3.17. The SMILES string of the molecule is CNC(=O)C1(C)CCN(Cc2nnc(N)s2)C1. The highest BCUT2D eigenvalue weighted by Gasteiger charge is 2.39. The van der Waals surface area contributed by atoms with Crippen molar-refractivity contribution < 1.29 is 4.79 Å². The monoisotopic (exact) mass is 255 g/mol. The van der Waals surface area contributed by atoms with Gasteiger partial charge in [-0.1, -0.05) is 11.3 Å². The van der Waals surface area contributed by atoms with Gasteiger partial charge in [-0.25, -0.2) is 0 Å². The largest absolute Gasteiger partial charge is 0.374 e. The van der Waals surface area contributed by atoms with E-state index >= 15 is 0 Å². The molecule has 1 fully saturated rings. The van der Waals surface area contributed by atoms with Crippen LogP contribution in [-0.4, -0.2) is 41.1 Å². The van der Waals surface area contributed by atoms with Crippen LogP contribution >= 0.6 is 11.3 Å². The summed E-state index contributed by atoms with van der Waals surface area (Å²) in [6.07, 6.45) is 0.876. The van der Waals surface area contributed by atoms with Crippen LogP contribution in [0.2, 0.25) is 0 Å². The van der Waals surface area contributed by atoms with Crippen molar-refractivity contribution >= 4 is 22.4 Å². The summed E-state index contributed by atoms with van der Waals surface area (Å²) >= 11 is 1.40. The highest BCUT2D eigenvalue weighted by atomic mass is 32.1. The molecule has 94 valence electrons. The standard InChI is InChI=1S/C10H17N5OS/c1-10(8(16)12-2)3-4-15(6-10)5-7-13-14-9(11)17-7/h3-6H2,1-2H3,(H2,11,14)(H,12,16). The van der Waals surface area contributed by atoms with Gasteiger partial charge in [0.25, 0.3) is 0 Å². The van der Waals surface area contributed by atoms with Crippen LogP contribution in [0.5, 0.6) is 0 Å². The Morgan fingerprint density at radius 1 is 1.65 bits per heavy atom. The van der Waals surface area contributed by atoms with Crippen LogP contribution in [0.1, 0.15) is 18.4 Å². The molecule has 0 saturated carbocycles. The van der Waals surface area contributed by atoms with E-state index in [1.165, 1.54) is 11.3 Å². The fourth-order valence-electron chi connectivity index (χ4n) is 2.20. The number of likely N-dealkylation sites (tertiary alicyclic amines) is 1. The molecule has 2 rings (SSSR count). The van der Waals surface area contributed by atoms with E-state index in [0.717, 1.165) is 31.1 Å². The van der Waals surface area contributed by atoms with E-state index in [0.29, 0.717) is 5.13 Å². The first-order valence-corrected chi connectivity index (χ1v) is 6.37. The minimum Gasteiger partial charge on any atom is -0.374 e. The van der Waals surface area contributed by atoms with Crippen molar-refractivity contribution in [2.45, 2.75) is 19.9 Å². The van der Waals surface area contributed by atoms with Gasteiger partial charge >= 0.3 is 0 Å². The van der Waals surface area contributed by atoms with Crippen LogP contribution in [0.3, 0.4) is 0 Å². The lowest BCUT2D eigenvalue weighted by Crippen LogP contribution is -2.39. The molecule has 0 radical (unpaired) electrons. The van der Waals surface area contributed by atoms with Gasteiger partial charge in [0.2, 0.25) is 11.0 Å². The van der Waals surface area contributed by atoms with E-state index in [4.69, 9.17) is 5.73 Å². The Balaban J connectivity index is 1.96. The molecule has 0 aromatic carbocycles. The average Bonchev–Trinajstić information content (AvgIpc) is 2.86. The van der Waals surface area contributed by atoms with Gasteiger partial charge < -0.3 is 11.1 Å². The molecule has 1 aromatic rings. The zero-order valence-corrected chi connectivity index (χ0v) is 10.9. The number of nitrogens with two attached hydrogens (primary N) is 1. The van der Waals surface area contributed by atoms with Crippen LogP contribution in [0.25, 0.3) is 0 Å². The number of nitrogens with zero attached hydrogens (tertiary/aromatic N) is 3. The second-order valence-corrected chi connectivity index (χ2v) is 5.73. The van der Waals surface area contributed by atoms with Crippen LogP contribution in [-0.2, 0) is 11.3 Å². The molecule has 1 aliphatic heterocycles. The lowest BCUT2D eigenvalue weighted by atomic mass is 9.89. The van der Waals surface area contributed by atoms with Gasteiger partial charge in [-0.2, -0.15) is 0 Å². The predicted molar refractivity (Wildman–Crippen MR) is 66.4 cm³/mol. The van der Waals surface area contributed by atoms with Gasteiger partial charge in [0.05, 0.1) is 12.0 Å². The number of hydrogen-bond acceptors (Lipinski definition) is 6. The van der Waals surface area contributed by atoms with E-state index in [1.807, 2.05) is 6.92 Å². The number of nitrogen functional groups attached to an aromatic ring is 1. The van der Waals surface area contributed by atoms with E-state index in [9.17, 15) is 4.79 Å². The second-order valence-electron chi connectivity index (χ2n) is 4.63. The summed E-state index contributed by atoms with van der Waals surface area (Å²) in [5.74, 6) is 0.108. The van der Waals surface area contributed by atoms with Gasteiger partial charge in [0, 0.05) is 13.6 Å². The molecule has 1 aliphatic rings. The molecule has 0 spiro atoms. The maximum Gasteiger partial charge on any atom is 0.227 e. The summed E-state index contributed by atoms with van der Waals surface area (Å²) in [5.41, 5.74) is 5.25. The van der Waals surface area contributed by atoms with Crippen LogP contribution in [0, 0.1) is 5.41 Å². The Morgan fingerprint density at radius 3 is 3.00 bits per heavy atom. The van der Waals surface area contributed by atoms with Crippen molar-refractivity contribution in [1.82, 2.24) is 20.4 Å². The molecular formula is C10H17N5OS. The molecule has 1 saturated heterocycles. The third-order valence-corrected chi connectivity index (χ3v) is 3.91. The molecule has 0 bridgehead atoms. The first-order chi connectivity index (χ1) is 8.03. The summed E-state index contributed by atoms with van der Waals surface area (Å²) in [7, 11) is 1.68. The molecule has 7 heteroatoms. The van der Waals surface area contributed by atoms with Crippen molar-refractivity contribution in [3.8, 4) is 0 Å². The molecule has 3 N–H and O–H groups in total. The maximum absolute atomic E-state index is 11.8. The molecular weight excluding hydrogens is 238 g/mol. The third kappa shape index (κ3) is 2.55. The van der Waals surface area contributed by atoms with E-state index < -0.39 is 0 Å². The topological polar surface area (TPSA) is 84.1 Å². The van der Waals surface area contributed by atoms with Gasteiger partial charge in [0.15, 0.2) is 0 Å². The first kappa shape index (κ1) is 12.3. The second kappa shape index (κ2) is 4.58. The Morgan fingerprint density at radius 2 is 2.41 bits per heavy atom. The Kier molecular flexibility index (Phi) is 3.30. The van der Waals surface area contributed by atoms with E-state index in [2.05, 4.69) is 20.4 Å². The van der Waals surface area contributed by atoms with Crippen LogP contribution in [0.15, 0.2) is 0 Å². The number of anilines is 1. The summed E-state index contributed by atoms with van der Waals surface area (Å²) in [5, 5.41) is 11.9. The molecule has 17 heavy (non-hydrogen) atoms. The highest BCUT2D eigenvalue weighted by Crippen LogP contribution is 2.31. The number of rotatable bonds is 3. The number of nitrogens with one attached hydrogen (secondary N) is 1. The highest BCUT2D eigenvalue weighted by molar-refractivity contribution is 7.15. The van der Waals surface area contributed by atoms with Crippen molar-refractivity contribution in [2.75, 3.05) is 25.9 Å². The molecule has 1 amide bonds. The molecule has 6 nitrogen and oxygen atoms in total. The van der Waals surface area contributed by atoms with E-state index in [-0.39, 0.29) is 11.3 Å². The van der Waals surface area contributed by atoms with Crippen LogP contribution < -0.4 is 11.1 Å². The van der Waals surface area contributed by atoms with E-state index in [1.54, 1.807) is 7.05 Å². The van der Waals surface area contributed by atoms with Crippen molar-refractivity contribution in [3.63, 3.8) is 0 Å². The van der Waals surface area contributed by atoms with Gasteiger partial charge in [-0.05, 0) is 19.9 Å². The van der Waals surface area contributed by atoms with Gasteiger partial charge in [-0.3, -0.25) is 9.69 Å². The normalized spacial score (nSPS) is 25.1. The summed E-state index contributed by atoms with van der Waals surface area (Å²) in [6.45, 7) is 4.39. The summed E-state index contributed by atoms with van der Waals surface area (Å²) in [4.78, 5) is 14.0. The predicted octanol–water partition coefficient (Wildman–Crippen LogP) is 0.0783. The summed E-state index contributed by atoms with van der Waals surface area (Å²) in [6, 6.07) is 0. The number of aromatic nitrogens is 2. The van der Waals surface area contributed by atoms with Crippen molar-refractivity contribution in [3.05, 3.63) is 5.01 Å². The fourth-order valence-corrected chi connectivity index (χ4v) is 2.85. The van der Waals surface area contributed by atoms with Gasteiger partial charge in [-0.15, -0.1) is 10.2 Å². The molecule has 0 aliphatic carbocycles. The maximum atomic E-state index is 11.8. The molecule has 1 aromatic heterocycles. The zero-order valence-electron chi connectivity index (χ0n) is 10.1.